The smallest absolute Gasteiger partial charge is 0.376 e. The molecule has 22 heavy (non-hydrogen) atoms. The first-order valence-corrected chi connectivity index (χ1v) is 7.92. The Morgan fingerprint density at radius 3 is 2.73 bits per heavy atom. The highest BCUT2D eigenvalue weighted by atomic mass is 16.5. The third kappa shape index (κ3) is 4.09. The molecule has 2 rings (SSSR count). The third-order valence-corrected chi connectivity index (χ3v) is 4.23. The summed E-state index contributed by atoms with van der Waals surface area (Å²) in [4.78, 5) is 14.1. The van der Waals surface area contributed by atoms with Gasteiger partial charge in [-0.3, -0.25) is 4.79 Å². The molecule has 0 aromatic heterocycles. The summed E-state index contributed by atoms with van der Waals surface area (Å²) in [7, 11) is -0.559. The van der Waals surface area contributed by atoms with Crippen LogP contribution in [0.5, 0.6) is 0 Å². The van der Waals surface area contributed by atoms with E-state index >= 15 is 0 Å². The fourth-order valence-corrected chi connectivity index (χ4v) is 2.96. The number of rotatable bonds is 6. The lowest BCUT2D eigenvalue weighted by atomic mass is 9.86. The second kappa shape index (κ2) is 7.76. The lowest BCUT2D eigenvalue weighted by molar-refractivity contribution is -0.148. The second-order valence-electron chi connectivity index (χ2n) is 5.85. The number of nitrogens with zero attached hydrogens (tertiary/aromatic N) is 1. The van der Waals surface area contributed by atoms with Crippen LogP contribution in [0.3, 0.4) is 0 Å². The number of hydrogen-bond acceptors (Lipinski definition) is 5. The topological polar surface area (TPSA) is 61.8 Å². The van der Waals surface area contributed by atoms with E-state index in [1.807, 2.05) is 29.9 Å². The summed E-state index contributed by atoms with van der Waals surface area (Å²) in [5.41, 5.74) is 1.18. The predicted molar refractivity (Wildman–Crippen MR) is 87.3 cm³/mol. The number of ether oxygens (including phenoxy) is 1. The maximum atomic E-state index is 12.2. The molecule has 1 aromatic rings. The molecule has 0 radical (unpaired) electrons. The molecular weight excluding hydrogens is 279 g/mol. The molecule has 5 nitrogen and oxygen atoms in total. The summed E-state index contributed by atoms with van der Waals surface area (Å²) in [6, 6.07) is 10.3. The van der Waals surface area contributed by atoms with Gasteiger partial charge in [-0.2, -0.15) is 0 Å². The van der Waals surface area contributed by atoms with Crippen LogP contribution in [0.2, 0.25) is 6.82 Å². The molecule has 0 amide bonds. The molecule has 2 N–H and O–H groups in total. The van der Waals surface area contributed by atoms with Crippen molar-refractivity contribution in [2.24, 2.45) is 5.92 Å². The molecule has 1 aromatic carbocycles. The Bertz CT molecular complexity index is 484. The number of benzene rings is 1. The average Bonchev–Trinajstić information content (AvgIpc) is 2.92. The van der Waals surface area contributed by atoms with Crippen molar-refractivity contribution < 1.29 is 14.6 Å². The fraction of sp³-hybridized carbons (Fsp3) is 0.562. The van der Waals surface area contributed by atoms with E-state index in [0.29, 0.717) is 19.7 Å². The number of hydrogen-bond donors (Lipinski definition) is 2. The van der Waals surface area contributed by atoms with E-state index in [-0.39, 0.29) is 24.0 Å². The molecule has 1 saturated heterocycles. The van der Waals surface area contributed by atoms with Gasteiger partial charge < -0.3 is 19.9 Å². The summed E-state index contributed by atoms with van der Waals surface area (Å²) in [5, 5.41) is 13.3. The Morgan fingerprint density at radius 1 is 1.45 bits per heavy atom. The lowest BCUT2D eigenvalue weighted by Gasteiger charge is -2.23. The normalized spacial score (nSPS) is 23.3. The molecular formula is C16H25BN2O3. The van der Waals surface area contributed by atoms with Gasteiger partial charge in [0.2, 0.25) is 0 Å². The zero-order valence-electron chi connectivity index (χ0n) is 13.5. The van der Waals surface area contributed by atoms with Crippen molar-refractivity contribution in [3.8, 4) is 0 Å². The molecule has 120 valence electrons. The Hall–Kier alpha value is -1.37. The van der Waals surface area contributed by atoms with Crippen molar-refractivity contribution >= 4 is 13.0 Å². The maximum Gasteiger partial charge on any atom is 0.376 e. The zero-order chi connectivity index (χ0) is 16.1. The van der Waals surface area contributed by atoms with E-state index < -0.39 is 7.05 Å². The minimum atomic E-state index is -0.559. The molecule has 6 heteroatoms. The first-order chi connectivity index (χ1) is 10.5. The standard InChI is InChI=1S/C16H25BN2O3/c1-4-22-16(20)14-10-19(17(3)21)11-15(14)18-12(2)13-8-6-5-7-9-13/h5-9,12,14-15,18,21H,4,10-11H2,1-3H3/t12-,14+,15+/m1/s1. The number of esters is 1. The number of carbonyl (C=O) groups is 1. The van der Waals surface area contributed by atoms with Crippen LogP contribution in [0.25, 0.3) is 0 Å². The van der Waals surface area contributed by atoms with Gasteiger partial charge in [-0.25, -0.2) is 0 Å². The van der Waals surface area contributed by atoms with Crippen LogP contribution in [0.15, 0.2) is 30.3 Å². The van der Waals surface area contributed by atoms with Crippen molar-refractivity contribution in [3.63, 3.8) is 0 Å². The van der Waals surface area contributed by atoms with E-state index in [1.54, 1.807) is 6.82 Å². The van der Waals surface area contributed by atoms with Gasteiger partial charge in [0.05, 0.1) is 12.5 Å². The summed E-state index contributed by atoms with van der Waals surface area (Å²) in [5.74, 6) is -0.441. The van der Waals surface area contributed by atoms with E-state index in [9.17, 15) is 9.82 Å². The van der Waals surface area contributed by atoms with Gasteiger partial charge in [-0.15, -0.1) is 0 Å². The van der Waals surface area contributed by atoms with Crippen molar-refractivity contribution in [1.29, 1.82) is 0 Å². The van der Waals surface area contributed by atoms with Crippen LogP contribution in [0.4, 0.5) is 0 Å². The first kappa shape index (κ1) is 17.0. The molecule has 0 aliphatic carbocycles. The van der Waals surface area contributed by atoms with Crippen LogP contribution < -0.4 is 5.32 Å². The van der Waals surface area contributed by atoms with Gasteiger partial charge in [0, 0.05) is 25.2 Å². The molecule has 1 heterocycles. The summed E-state index contributed by atoms with van der Waals surface area (Å²) < 4.78 is 5.18. The fourth-order valence-electron chi connectivity index (χ4n) is 2.96. The summed E-state index contributed by atoms with van der Waals surface area (Å²) in [6.45, 7) is 7.17. The number of nitrogens with one attached hydrogen (secondary N) is 1. The molecule has 1 fully saturated rings. The monoisotopic (exact) mass is 304 g/mol. The molecule has 0 bridgehead atoms. The van der Waals surface area contributed by atoms with E-state index in [2.05, 4.69) is 24.4 Å². The lowest BCUT2D eigenvalue weighted by Crippen LogP contribution is -2.42. The molecule has 0 unspecified atom stereocenters. The highest BCUT2D eigenvalue weighted by Crippen LogP contribution is 2.23. The molecule has 1 aliphatic rings. The van der Waals surface area contributed by atoms with Gasteiger partial charge in [-0.05, 0) is 26.2 Å². The van der Waals surface area contributed by atoms with Crippen LogP contribution >= 0.6 is 0 Å². The first-order valence-electron chi connectivity index (χ1n) is 7.92. The van der Waals surface area contributed by atoms with Crippen molar-refractivity contribution in [3.05, 3.63) is 35.9 Å². The van der Waals surface area contributed by atoms with Gasteiger partial charge in [-0.1, -0.05) is 30.3 Å². The second-order valence-corrected chi connectivity index (χ2v) is 5.85. The highest BCUT2D eigenvalue weighted by molar-refractivity contribution is 6.45. The molecule has 0 saturated carbocycles. The maximum absolute atomic E-state index is 12.2. The molecule has 3 atom stereocenters. The molecule has 0 spiro atoms. The molecule has 1 aliphatic heterocycles. The zero-order valence-corrected chi connectivity index (χ0v) is 13.5. The van der Waals surface area contributed by atoms with Crippen molar-refractivity contribution in [1.82, 2.24) is 10.1 Å². The van der Waals surface area contributed by atoms with E-state index in [4.69, 9.17) is 4.74 Å². The minimum Gasteiger partial charge on any atom is -0.466 e. The Morgan fingerprint density at radius 2 is 2.14 bits per heavy atom. The minimum absolute atomic E-state index is 0.0242. The Labute approximate surface area is 132 Å². The van der Waals surface area contributed by atoms with Gasteiger partial charge in [0.15, 0.2) is 0 Å². The SMILES string of the molecule is CCOC(=O)[C@H]1CN(B(C)O)C[C@@H]1N[C@H](C)c1ccccc1. The van der Waals surface area contributed by atoms with Crippen molar-refractivity contribution in [2.45, 2.75) is 32.8 Å². The summed E-state index contributed by atoms with van der Waals surface area (Å²) >= 11 is 0. The van der Waals surface area contributed by atoms with Gasteiger partial charge in [0.25, 0.3) is 0 Å². The number of carbonyl (C=O) groups excluding carboxylic acids is 1. The van der Waals surface area contributed by atoms with Crippen LogP contribution in [0, 0.1) is 5.92 Å². The Kier molecular flexibility index (Phi) is 6.00. The summed E-state index contributed by atoms with van der Waals surface area (Å²) in [6.07, 6.45) is 0. The predicted octanol–water partition coefficient (Wildman–Crippen LogP) is 1.31. The van der Waals surface area contributed by atoms with Crippen LogP contribution in [-0.2, 0) is 9.53 Å². The van der Waals surface area contributed by atoms with Crippen LogP contribution in [-0.4, -0.2) is 48.6 Å². The largest absolute Gasteiger partial charge is 0.466 e. The van der Waals surface area contributed by atoms with E-state index in [0.717, 1.165) is 0 Å². The average molecular weight is 304 g/mol. The van der Waals surface area contributed by atoms with Crippen molar-refractivity contribution in [2.75, 3.05) is 19.7 Å². The quantitative estimate of drug-likeness (QED) is 0.613. The van der Waals surface area contributed by atoms with Gasteiger partial charge in [0.1, 0.15) is 0 Å². The highest BCUT2D eigenvalue weighted by Gasteiger charge is 2.41. The van der Waals surface area contributed by atoms with Crippen LogP contribution in [0.1, 0.15) is 25.5 Å². The van der Waals surface area contributed by atoms with E-state index in [1.165, 1.54) is 5.56 Å². The Balaban J connectivity index is 2.06. The third-order valence-electron chi connectivity index (χ3n) is 4.23. The van der Waals surface area contributed by atoms with Gasteiger partial charge >= 0.3 is 13.0 Å².